The summed E-state index contributed by atoms with van der Waals surface area (Å²) in [4.78, 5) is 49.3. The van der Waals surface area contributed by atoms with Gasteiger partial charge in [0.1, 0.15) is 24.4 Å². The van der Waals surface area contributed by atoms with Crippen LogP contribution in [0, 0.1) is 0 Å². The molecule has 0 heterocycles. The Kier molecular flexibility index (Phi) is 13.1. The Labute approximate surface area is 247 Å². The molecule has 0 aliphatic carbocycles. The van der Waals surface area contributed by atoms with Crippen LogP contribution in [0.4, 0.5) is 9.59 Å². The van der Waals surface area contributed by atoms with E-state index in [4.69, 9.17) is 18.9 Å². The zero-order valence-electron chi connectivity index (χ0n) is 25.2. The summed E-state index contributed by atoms with van der Waals surface area (Å²) in [6.07, 6.45) is 1.41. The van der Waals surface area contributed by atoms with Crippen molar-refractivity contribution in [3.8, 4) is 0 Å². The van der Waals surface area contributed by atoms with Gasteiger partial charge in [0.2, 0.25) is 0 Å². The summed E-state index contributed by atoms with van der Waals surface area (Å²) in [5.74, 6) is -1.58. The first kappa shape index (κ1) is 33.9. The molecular formula is C32H42N2O8. The number of hydrogen-bond donors (Lipinski definition) is 2. The molecule has 2 rings (SSSR count). The van der Waals surface area contributed by atoms with Crippen LogP contribution in [0.3, 0.4) is 0 Å². The summed E-state index contributed by atoms with van der Waals surface area (Å²) in [5.41, 5.74) is 0.477. The van der Waals surface area contributed by atoms with E-state index in [0.717, 1.165) is 23.3 Å². The largest absolute Gasteiger partial charge is 0.460 e. The fourth-order valence-corrected chi connectivity index (χ4v) is 3.65. The number of esters is 2. The van der Waals surface area contributed by atoms with Gasteiger partial charge in [-0.15, -0.1) is 0 Å². The Bertz CT molecular complexity index is 1090. The number of ether oxygens (including phenoxy) is 4. The smallest absolute Gasteiger partial charge is 0.408 e. The van der Waals surface area contributed by atoms with Crippen LogP contribution in [-0.2, 0) is 41.4 Å². The maximum Gasteiger partial charge on any atom is 0.408 e. The number of nitrogens with one attached hydrogen (secondary N) is 2. The lowest BCUT2D eigenvalue weighted by molar-refractivity contribution is -0.141. The van der Waals surface area contributed by atoms with E-state index in [-0.39, 0.29) is 13.2 Å². The Morgan fingerprint density at radius 3 is 1.26 bits per heavy atom. The van der Waals surface area contributed by atoms with E-state index in [0.29, 0.717) is 12.8 Å². The lowest BCUT2D eigenvalue weighted by Crippen LogP contribution is -2.43. The molecule has 0 aromatic heterocycles. The number of amides is 2. The first-order valence-corrected chi connectivity index (χ1v) is 13.8. The lowest BCUT2D eigenvalue weighted by atomic mass is 10.1. The minimum absolute atomic E-state index is 0.148. The van der Waals surface area contributed by atoms with Crippen LogP contribution in [0.1, 0.15) is 52.7 Å². The first-order chi connectivity index (χ1) is 19.7. The van der Waals surface area contributed by atoms with E-state index < -0.39 is 47.4 Å². The van der Waals surface area contributed by atoms with Gasteiger partial charge in [0.25, 0.3) is 0 Å². The Hall–Kier alpha value is -4.34. The average Bonchev–Trinajstić information content (AvgIpc) is 2.88. The van der Waals surface area contributed by atoms with E-state index in [1.807, 2.05) is 60.7 Å². The lowest BCUT2D eigenvalue weighted by Gasteiger charge is -2.23. The zero-order valence-corrected chi connectivity index (χ0v) is 25.2. The maximum atomic E-state index is 12.3. The molecule has 2 atom stereocenters. The molecule has 0 spiro atoms. The summed E-state index contributed by atoms with van der Waals surface area (Å²) < 4.78 is 21.2. The molecule has 2 amide bonds. The summed E-state index contributed by atoms with van der Waals surface area (Å²) in [5, 5.41) is 5.45. The molecule has 2 N–H and O–H groups in total. The fourth-order valence-electron chi connectivity index (χ4n) is 3.65. The monoisotopic (exact) mass is 582 g/mol. The van der Waals surface area contributed by atoms with Crippen LogP contribution in [0.25, 0.3) is 0 Å². The molecule has 0 aliphatic heterocycles. The van der Waals surface area contributed by atoms with Crippen LogP contribution < -0.4 is 10.6 Å². The van der Waals surface area contributed by atoms with Crippen LogP contribution in [-0.4, -0.2) is 60.6 Å². The minimum atomic E-state index is -0.788. The van der Waals surface area contributed by atoms with Crippen molar-refractivity contribution in [1.29, 1.82) is 0 Å². The van der Waals surface area contributed by atoms with Gasteiger partial charge in [-0.25, -0.2) is 19.2 Å². The highest BCUT2D eigenvalue weighted by atomic mass is 16.6. The van der Waals surface area contributed by atoms with Gasteiger partial charge < -0.3 is 29.6 Å². The third-order valence-electron chi connectivity index (χ3n) is 5.30. The minimum Gasteiger partial charge on any atom is -0.460 e. The molecule has 2 aromatic carbocycles. The van der Waals surface area contributed by atoms with Gasteiger partial charge in [0.15, 0.2) is 0 Å². The molecule has 10 heteroatoms. The molecule has 228 valence electrons. The van der Waals surface area contributed by atoms with E-state index in [2.05, 4.69) is 10.6 Å². The fraction of sp³-hybridized carbons (Fsp3) is 0.438. The van der Waals surface area contributed by atoms with Crippen LogP contribution in [0.5, 0.6) is 0 Å². The summed E-state index contributed by atoms with van der Waals surface area (Å²) in [7, 11) is 0. The van der Waals surface area contributed by atoms with Crippen molar-refractivity contribution in [2.75, 3.05) is 13.2 Å². The second kappa shape index (κ2) is 16.2. The number of benzene rings is 2. The Morgan fingerprint density at radius 2 is 0.952 bits per heavy atom. The van der Waals surface area contributed by atoms with Gasteiger partial charge in [-0.2, -0.15) is 0 Å². The third kappa shape index (κ3) is 15.4. The van der Waals surface area contributed by atoms with E-state index in [1.165, 1.54) is 0 Å². The predicted octanol–water partition coefficient (Wildman–Crippen LogP) is 4.90. The Morgan fingerprint density at radius 1 is 0.619 bits per heavy atom. The van der Waals surface area contributed by atoms with Gasteiger partial charge in [-0.1, -0.05) is 60.7 Å². The van der Waals surface area contributed by atoms with Gasteiger partial charge in [0.05, 0.1) is 12.1 Å². The molecule has 0 unspecified atom stereocenters. The predicted molar refractivity (Wildman–Crippen MR) is 158 cm³/mol. The molecule has 0 fully saturated rings. The van der Waals surface area contributed by atoms with Crippen molar-refractivity contribution in [1.82, 2.24) is 10.6 Å². The SMILES string of the molecule is CC(C)(C)OC(=O)N[C@H](COC(=O)/C=C/C(=O)OC[C@H](Cc1ccccc1)NC(=O)OC(C)(C)C)Cc1ccccc1. The quantitative estimate of drug-likeness (QED) is 0.205. The number of alkyl carbamates (subject to hydrolysis) is 2. The molecule has 0 aliphatic rings. The van der Waals surface area contributed by atoms with Crippen LogP contribution >= 0.6 is 0 Å². The van der Waals surface area contributed by atoms with E-state index in [1.54, 1.807) is 41.5 Å². The summed E-state index contributed by atoms with van der Waals surface area (Å²) >= 11 is 0. The number of rotatable bonds is 12. The second-order valence-corrected chi connectivity index (χ2v) is 11.7. The third-order valence-corrected chi connectivity index (χ3v) is 5.30. The van der Waals surface area contributed by atoms with Crippen molar-refractivity contribution in [3.63, 3.8) is 0 Å². The number of carbonyl (C=O) groups is 4. The second-order valence-electron chi connectivity index (χ2n) is 11.7. The summed E-state index contributed by atoms with van der Waals surface area (Å²) in [6, 6.07) is 17.7. The van der Waals surface area contributed by atoms with Crippen molar-refractivity contribution in [2.45, 2.75) is 77.7 Å². The molecule has 42 heavy (non-hydrogen) atoms. The normalized spacial score (nSPS) is 13.0. The van der Waals surface area contributed by atoms with Crippen molar-refractivity contribution in [3.05, 3.63) is 83.9 Å². The van der Waals surface area contributed by atoms with Gasteiger partial charge in [-0.05, 0) is 65.5 Å². The van der Waals surface area contributed by atoms with E-state index in [9.17, 15) is 19.2 Å². The molecular weight excluding hydrogens is 540 g/mol. The van der Waals surface area contributed by atoms with Crippen molar-refractivity contribution < 1.29 is 38.1 Å². The van der Waals surface area contributed by atoms with Gasteiger partial charge >= 0.3 is 24.1 Å². The topological polar surface area (TPSA) is 129 Å². The first-order valence-electron chi connectivity index (χ1n) is 13.8. The zero-order chi connectivity index (χ0) is 31.2. The number of hydrogen-bond acceptors (Lipinski definition) is 8. The molecule has 0 saturated carbocycles. The van der Waals surface area contributed by atoms with E-state index >= 15 is 0 Å². The van der Waals surface area contributed by atoms with Crippen LogP contribution in [0.2, 0.25) is 0 Å². The van der Waals surface area contributed by atoms with Crippen LogP contribution in [0.15, 0.2) is 72.8 Å². The summed E-state index contributed by atoms with van der Waals surface area (Å²) in [6.45, 7) is 10.2. The molecule has 0 radical (unpaired) electrons. The van der Waals surface area contributed by atoms with Crippen molar-refractivity contribution >= 4 is 24.1 Å². The number of carbonyl (C=O) groups excluding carboxylic acids is 4. The van der Waals surface area contributed by atoms with Gasteiger partial charge in [0, 0.05) is 12.2 Å². The maximum absolute atomic E-state index is 12.3. The highest BCUT2D eigenvalue weighted by Gasteiger charge is 2.22. The molecule has 0 saturated heterocycles. The van der Waals surface area contributed by atoms with Crippen molar-refractivity contribution in [2.24, 2.45) is 0 Å². The standard InChI is InChI=1S/C32H42N2O8/c1-31(2,3)41-29(37)33-25(19-23-13-9-7-10-14-23)21-39-27(35)17-18-28(36)40-22-26(20-24-15-11-8-12-16-24)34-30(38)42-32(4,5)6/h7-18,25-26H,19-22H2,1-6H3,(H,33,37)(H,34,38)/b18-17+/t25-,26-/m0/s1. The molecule has 0 bridgehead atoms. The Balaban J connectivity index is 1.93. The molecule has 2 aromatic rings. The van der Waals surface area contributed by atoms with Gasteiger partial charge in [-0.3, -0.25) is 0 Å². The molecule has 10 nitrogen and oxygen atoms in total. The highest BCUT2D eigenvalue weighted by Crippen LogP contribution is 2.10. The highest BCUT2D eigenvalue weighted by molar-refractivity contribution is 5.91. The average molecular weight is 583 g/mol.